The summed E-state index contributed by atoms with van der Waals surface area (Å²) in [6.07, 6.45) is -0.253. The molecule has 0 amide bonds. The smallest absolute Gasteiger partial charge is 0.376 e. The van der Waals surface area contributed by atoms with Crippen molar-refractivity contribution < 1.29 is 17.9 Å². The first-order valence-corrected chi connectivity index (χ1v) is 9.58. The summed E-state index contributed by atoms with van der Waals surface area (Å²) in [5, 5.41) is 3.57. The average Bonchev–Trinajstić information content (AvgIpc) is 3.35. The summed E-state index contributed by atoms with van der Waals surface area (Å²) in [6, 6.07) is 0.883. The Bertz CT molecular complexity index is 1170. The molecule has 1 saturated heterocycles. The van der Waals surface area contributed by atoms with Crippen molar-refractivity contribution in [3.8, 4) is 11.3 Å². The largest absolute Gasteiger partial charge is 0.417 e. The van der Waals surface area contributed by atoms with E-state index in [4.69, 9.17) is 17.0 Å². The summed E-state index contributed by atoms with van der Waals surface area (Å²) >= 11 is 5.24. The second-order valence-electron chi connectivity index (χ2n) is 6.84. The molecule has 1 fully saturated rings. The standard InChI is InChI=1S/C18H18F3N5O2S/c1-2-25-8-10(7-22-25)13-6-12(18(19,20)21)14-15(23-13)26(17(29)24-16(14)27)9-11-4-3-5-28-11/h6-8,11H,2-5,9H2,1H3,(H,24,27,29)/t11-/m1/s1. The Hall–Kier alpha value is -2.53. The van der Waals surface area contributed by atoms with E-state index in [9.17, 15) is 18.0 Å². The van der Waals surface area contributed by atoms with Crippen LogP contribution >= 0.6 is 12.2 Å². The number of rotatable bonds is 4. The lowest BCUT2D eigenvalue weighted by molar-refractivity contribution is -0.136. The maximum atomic E-state index is 13.8. The first-order chi connectivity index (χ1) is 13.8. The fourth-order valence-electron chi connectivity index (χ4n) is 3.48. The highest BCUT2D eigenvalue weighted by atomic mass is 32.1. The lowest BCUT2D eigenvalue weighted by Crippen LogP contribution is -2.24. The van der Waals surface area contributed by atoms with Crippen LogP contribution in [0, 0.1) is 4.77 Å². The van der Waals surface area contributed by atoms with Gasteiger partial charge in [-0.2, -0.15) is 18.3 Å². The van der Waals surface area contributed by atoms with Crippen LogP contribution in [-0.2, 0) is 24.0 Å². The van der Waals surface area contributed by atoms with Gasteiger partial charge in [0.15, 0.2) is 4.77 Å². The van der Waals surface area contributed by atoms with Gasteiger partial charge in [-0.25, -0.2) is 4.98 Å². The fourth-order valence-corrected chi connectivity index (χ4v) is 3.73. The Morgan fingerprint density at radius 2 is 2.21 bits per heavy atom. The molecule has 4 rings (SSSR count). The number of pyridine rings is 1. The van der Waals surface area contributed by atoms with Crippen LogP contribution in [0.3, 0.4) is 0 Å². The van der Waals surface area contributed by atoms with E-state index in [1.165, 1.54) is 10.8 Å². The van der Waals surface area contributed by atoms with Gasteiger partial charge in [-0.05, 0) is 38.0 Å². The molecule has 0 aromatic carbocycles. The van der Waals surface area contributed by atoms with Crippen LogP contribution in [0.1, 0.15) is 25.3 Å². The minimum atomic E-state index is -4.74. The van der Waals surface area contributed by atoms with Crippen LogP contribution in [0.5, 0.6) is 0 Å². The first kappa shape index (κ1) is 19.8. The average molecular weight is 425 g/mol. The minimum absolute atomic E-state index is 0.0139. The molecule has 154 valence electrons. The van der Waals surface area contributed by atoms with Crippen LogP contribution < -0.4 is 5.56 Å². The number of nitrogens with one attached hydrogen (secondary N) is 1. The fraction of sp³-hybridized carbons (Fsp3) is 0.444. The van der Waals surface area contributed by atoms with Crippen molar-refractivity contribution in [2.45, 2.75) is 45.1 Å². The number of hydrogen-bond donors (Lipinski definition) is 1. The molecule has 11 heteroatoms. The SMILES string of the molecule is CCn1cc(-c2cc(C(F)(F)F)c3c(=O)[nH]c(=S)n(C[C@H]4CCCO4)c3n2)cn1. The summed E-state index contributed by atoms with van der Waals surface area (Å²) in [5.74, 6) is 0. The number of fused-ring (bicyclic) bond motifs is 1. The zero-order valence-corrected chi connectivity index (χ0v) is 16.3. The number of ether oxygens (including phenoxy) is 1. The maximum absolute atomic E-state index is 13.8. The van der Waals surface area contributed by atoms with Crippen LogP contribution in [0.4, 0.5) is 13.2 Å². The molecule has 0 radical (unpaired) electrons. The molecule has 1 aliphatic heterocycles. The normalized spacial score (nSPS) is 17.3. The van der Waals surface area contributed by atoms with E-state index in [1.807, 2.05) is 6.92 Å². The van der Waals surface area contributed by atoms with Crippen LogP contribution in [0.25, 0.3) is 22.3 Å². The maximum Gasteiger partial charge on any atom is 0.417 e. The first-order valence-electron chi connectivity index (χ1n) is 9.17. The van der Waals surface area contributed by atoms with Crippen molar-refractivity contribution in [2.24, 2.45) is 0 Å². The molecule has 3 aromatic heterocycles. The minimum Gasteiger partial charge on any atom is -0.376 e. The highest BCUT2D eigenvalue weighted by Gasteiger charge is 2.36. The molecule has 1 N–H and O–H groups in total. The molecule has 0 bridgehead atoms. The van der Waals surface area contributed by atoms with E-state index in [-0.39, 0.29) is 28.8 Å². The molecule has 29 heavy (non-hydrogen) atoms. The number of nitrogens with zero attached hydrogens (tertiary/aromatic N) is 4. The molecule has 0 saturated carbocycles. The predicted octanol–water partition coefficient (Wildman–Crippen LogP) is 3.54. The number of aryl methyl sites for hydroxylation is 1. The van der Waals surface area contributed by atoms with E-state index < -0.39 is 22.7 Å². The lowest BCUT2D eigenvalue weighted by Gasteiger charge is -2.17. The summed E-state index contributed by atoms with van der Waals surface area (Å²) in [6.45, 7) is 3.23. The van der Waals surface area contributed by atoms with E-state index in [0.717, 1.165) is 18.9 Å². The Morgan fingerprint density at radius 1 is 1.41 bits per heavy atom. The van der Waals surface area contributed by atoms with Gasteiger partial charge >= 0.3 is 6.18 Å². The predicted molar refractivity (Wildman–Crippen MR) is 102 cm³/mol. The monoisotopic (exact) mass is 425 g/mol. The molecule has 0 unspecified atom stereocenters. The molecule has 0 spiro atoms. The Morgan fingerprint density at radius 3 is 2.83 bits per heavy atom. The molecule has 0 aliphatic carbocycles. The Kier molecular flexibility index (Phi) is 5.03. The van der Waals surface area contributed by atoms with Gasteiger partial charge in [-0.15, -0.1) is 0 Å². The zero-order valence-electron chi connectivity index (χ0n) is 15.5. The third-order valence-electron chi connectivity index (χ3n) is 4.92. The molecule has 1 atom stereocenters. The topological polar surface area (TPSA) is 77.7 Å². The summed E-state index contributed by atoms with van der Waals surface area (Å²) in [4.78, 5) is 19.2. The van der Waals surface area contributed by atoms with Gasteiger partial charge in [0.05, 0.1) is 35.5 Å². The van der Waals surface area contributed by atoms with Gasteiger partial charge in [0.25, 0.3) is 5.56 Å². The van der Waals surface area contributed by atoms with Crippen molar-refractivity contribution in [1.29, 1.82) is 0 Å². The Labute approximate surface area is 168 Å². The number of aromatic amines is 1. The zero-order chi connectivity index (χ0) is 20.8. The van der Waals surface area contributed by atoms with E-state index >= 15 is 0 Å². The second-order valence-corrected chi connectivity index (χ2v) is 7.23. The highest BCUT2D eigenvalue weighted by molar-refractivity contribution is 7.71. The van der Waals surface area contributed by atoms with Crippen molar-refractivity contribution in [1.82, 2.24) is 24.3 Å². The molecular formula is C18H18F3N5O2S. The number of aromatic nitrogens is 5. The van der Waals surface area contributed by atoms with Crippen molar-refractivity contribution in [2.75, 3.05) is 6.61 Å². The van der Waals surface area contributed by atoms with Gasteiger partial charge in [0, 0.05) is 24.9 Å². The van der Waals surface area contributed by atoms with E-state index in [2.05, 4.69) is 15.1 Å². The van der Waals surface area contributed by atoms with Crippen molar-refractivity contribution >= 4 is 23.3 Å². The van der Waals surface area contributed by atoms with Crippen LogP contribution in [-0.4, -0.2) is 37.0 Å². The van der Waals surface area contributed by atoms with Crippen LogP contribution in [0.15, 0.2) is 23.3 Å². The summed E-state index contributed by atoms with van der Waals surface area (Å²) in [7, 11) is 0. The summed E-state index contributed by atoms with van der Waals surface area (Å²) in [5.41, 5.74) is -1.58. The van der Waals surface area contributed by atoms with Gasteiger partial charge in [0.2, 0.25) is 0 Å². The molecular weight excluding hydrogens is 407 g/mol. The highest BCUT2D eigenvalue weighted by Crippen LogP contribution is 2.35. The molecule has 3 aromatic rings. The number of alkyl halides is 3. The van der Waals surface area contributed by atoms with E-state index in [0.29, 0.717) is 18.7 Å². The van der Waals surface area contributed by atoms with Crippen LogP contribution in [0.2, 0.25) is 0 Å². The number of hydrogen-bond acceptors (Lipinski definition) is 5. The molecule has 4 heterocycles. The number of halogens is 3. The lowest BCUT2D eigenvalue weighted by atomic mass is 10.1. The third kappa shape index (κ3) is 3.71. The molecule has 7 nitrogen and oxygen atoms in total. The van der Waals surface area contributed by atoms with Gasteiger partial charge in [-0.3, -0.25) is 19.0 Å². The van der Waals surface area contributed by atoms with E-state index in [1.54, 1.807) is 10.9 Å². The van der Waals surface area contributed by atoms with Crippen molar-refractivity contribution in [3.05, 3.63) is 39.1 Å². The second kappa shape index (κ2) is 7.38. The van der Waals surface area contributed by atoms with Gasteiger partial charge in [0.1, 0.15) is 5.65 Å². The molecule has 1 aliphatic rings. The third-order valence-corrected chi connectivity index (χ3v) is 5.24. The van der Waals surface area contributed by atoms with Gasteiger partial charge in [-0.1, -0.05) is 0 Å². The Balaban J connectivity index is 2.01. The summed E-state index contributed by atoms with van der Waals surface area (Å²) < 4.78 is 50.1. The quantitative estimate of drug-likeness (QED) is 0.647. The number of H-pyrrole nitrogens is 1. The van der Waals surface area contributed by atoms with Crippen molar-refractivity contribution in [3.63, 3.8) is 0 Å². The van der Waals surface area contributed by atoms with Gasteiger partial charge < -0.3 is 4.74 Å².